The molecule has 3 aromatic rings. The largest absolute Gasteiger partial charge is 0.463 e. The SMILES string of the molecule is O=C(CCCn1nc(-c2ccco2)ccc1=O)Nc1cc(C(F)(F)F)cc(C(F)(F)F)c1. The molecule has 2 aromatic heterocycles. The summed E-state index contributed by atoms with van der Waals surface area (Å²) in [4.78, 5) is 24.0. The molecule has 0 atom stereocenters. The highest BCUT2D eigenvalue weighted by molar-refractivity contribution is 5.90. The van der Waals surface area contributed by atoms with Crippen molar-refractivity contribution in [2.45, 2.75) is 31.7 Å². The number of alkyl halides is 6. The highest BCUT2D eigenvalue weighted by Crippen LogP contribution is 2.37. The second-order valence-corrected chi connectivity index (χ2v) is 6.70. The van der Waals surface area contributed by atoms with Crippen molar-refractivity contribution in [2.75, 3.05) is 5.32 Å². The Bertz CT molecular complexity index is 1120. The number of furan rings is 1. The fraction of sp³-hybridized carbons (Fsp3) is 0.250. The highest BCUT2D eigenvalue weighted by atomic mass is 19.4. The van der Waals surface area contributed by atoms with Crippen molar-refractivity contribution in [2.24, 2.45) is 0 Å². The average Bonchev–Trinajstić information content (AvgIpc) is 3.22. The minimum atomic E-state index is -5.02. The Kier molecular flexibility index (Phi) is 6.42. The Morgan fingerprint density at radius 3 is 2.22 bits per heavy atom. The van der Waals surface area contributed by atoms with Crippen molar-refractivity contribution >= 4 is 11.6 Å². The summed E-state index contributed by atoms with van der Waals surface area (Å²) in [6.45, 7) is -0.00278. The summed E-state index contributed by atoms with van der Waals surface area (Å²) in [5, 5.41) is 6.14. The third-order valence-electron chi connectivity index (χ3n) is 4.29. The van der Waals surface area contributed by atoms with Gasteiger partial charge in [0.25, 0.3) is 5.56 Å². The van der Waals surface area contributed by atoms with Crippen molar-refractivity contribution in [3.05, 3.63) is 70.2 Å². The van der Waals surface area contributed by atoms with Crippen LogP contribution in [0.3, 0.4) is 0 Å². The minimum absolute atomic E-state index is 0.00278. The molecule has 1 amide bonds. The van der Waals surface area contributed by atoms with E-state index in [9.17, 15) is 35.9 Å². The summed E-state index contributed by atoms with van der Waals surface area (Å²) in [7, 11) is 0. The van der Waals surface area contributed by atoms with Crippen molar-refractivity contribution in [3.63, 3.8) is 0 Å². The van der Waals surface area contributed by atoms with Gasteiger partial charge in [-0.1, -0.05) is 0 Å². The number of amides is 1. The molecule has 0 saturated carbocycles. The topological polar surface area (TPSA) is 77.1 Å². The van der Waals surface area contributed by atoms with Gasteiger partial charge >= 0.3 is 12.4 Å². The third kappa shape index (κ3) is 5.77. The lowest BCUT2D eigenvalue weighted by Gasteiger charge is -2.14. The Balaban J connectivity index is 1.67. The van der Waals surface area contributed by atoms with Gasteiger partial charge in [0.1, 0.15) is 5.69 Å². The number of anilines is 1. The number of carbonyl (C=O) groups excluding carboxylic acids is 1. The molecule has 0 radical (unpaired) electrons. The van der Waals surface area contributed by atoms with Gasteiger partial charge in [0.05, 0.1) is 17.4 Å². The number of nitrogens with one attached hydrogen (secondary N) is 1. The summed E-state index contributed by atoms with van der Waals surface area (Å²) in [6, 6.07) is 6.80. The zero-order valence-electron chi connectivity index (χ0n) is 16.1. The van der Waals surface area contributed by atoms with Crippen LogP contribution in [0.4, 0.5) is 32.0 Å². The number of aryl methyl sites for hydroxylation is 1. The van der Waals surface area contributed by atoms with Gasteiger partial charge in [-0.2, -0.15) is 31.4 Å². The molecule has 1 N–H and O–H groups in total. The molecule has 0 aliphatic heterocycles. The molecule has 6 nitrogen and oxygen atoms in total. The van der Waals surface area contributed by atoms with Gasteiger partial charge in [-0.3, -0.25) is 9.59 Å². The monoisotopic (exact) mass is 459 g/mol. The molecular formula is C20H15F6N3O3. The van der Waals surface area contributed by atoms with Crippen LogP contribution in [0.25, 0.3) is 11.5 Å². The molecule has 0 aliphatic carbocycles. The summed E-state index contributed by atoms with van der Waals surface area (Å²) in [5.41, 5.74) is -3.77. The van der Waals surface area contributed by atoms with Crippen LogP contribution in [-0.4, -0.2) is 15.7 Å². The van der Waals surface area contributed by atoms with E-state index in [-0.39, 0.29) is 25.5 Å². The van der Waals surface area contributed by atoms with Crippen molar-refractivity contribution < 1.29 is 35.6 Å². The number of hydrogen-bond acceptors (Lipinski definition) is 4. The van der Waals surface area contributed by atoms with Crippen LogP contribution in [0.1, 0.15) is 24.0 Å². The van der Waals surface area contributed by atoms with Gasteiger partial charge in [-0.05, 0) is 42.8 Å². The molecule has 32 heavy (non-hydrogen) atoms. The summed E-state index contributed by atoms with van der Waals surface area (Å²) < 4.78 is 83.7. The summed E-state index contributed by atoms with van der Waals surface area (Å²) >= 11 is 0. The van der Waals surface area contributed by atoms with E-state index in [1.165, 1.54) is 18.4 Å². The Morgan fingerprint density at radius 2 is 1.66 bits per heavy atom. The molecule has 3 rings (SSSR count). The smallest absolute Gasteiger partial charge is 0.416 e. The fourth-order valence-electron chi connectivity index (χ4n) is 2.80. The zero-order valence-corrected chi connectivity index (χ0v) is 16.1. The predicted octanol–water partition coefficient (Wildman–Crippen LogP) is 4.96. The van der Waals surface area contributed by atoms with E-state index in [4.69, 9.17) is 4.42 Å². The van der Waals surface area contributed by atoms with E-state index in [0.717, 1.165) is 4.68 Å². The lowest BCUT2D eigenvalue weighted by molar-refractivity contribution is -0.143. The molecule has 170 valence electrons. The summed E-state index contributed by atoms with van der Waals surface area (Å²) in [5.74, 6) is -0.394. The number of nitrogens with zero attached hydrogens (tertiary/aromatic N) is 2. The van der Waals surface area contributed by atoms with Crippen LogP contribution in [0.5, 0.6) is 0 Å². The van der Waals surface area contributed by atoms with Gasteiger partial charge in [-0.15, -0.1) is 0 Å². The van der Waals surface area contributed by atoms with Crippen LogP contribution in [0.15, 0.2) is 57.9 Å². The lowest BCUT2D eigenvalue weighted by Crippen LogP contribution is -2.23. The lowest BCUT2D eigenvalue weighted by atomic mass is 10.1. The number of hydrogen-bond donors (Lipinski definition) is 1. The van der Waals surface area contributed by atoms with Crippen LogP contribution in [0, 0.1) is 0 Å². The van der Waals surface area contributed by atoms with Gasteiger partial charge in [0, 0.05) is 24.7 Å². The second kappa shape index (κ2) is 8.89. The van der Waals surface area contributed by atoms with E-state index in [0.29, 0.717) is 23.6 Å². The number of rotatable bonds is 6. The van der Waals surface area contributed by atoms with E-state index in [2.05, 4.69) is 5.10 Å². The predicted molar refractivity (Wildman–Crippen MR) is 101 cm³/mol. The van der Waals surface area contributed by atoms with Gasteiger partial charge in [0.15, 0.2) is 5.76 Å². The molecular weight excluding hydrogens is 444 g/mol. The first-order valence-corrected chi connectivity index (χ1v) is 9.15. The number of aromatic nitrogens is 2. The Morgan fingerprint density at radius 1 is 1.00 bits per heavy atom. The Hall–Kier alpha value is -3.57. The third-order valence-corrected chi connectivity index (χ3v) is 4.29. The second-order valence-electron chi connectivity index (χ2n) is 6.70. The number of benzene rings is 1. The maximum absolute atomic E-state index is 12.9. The quantitative estimate of drug-likeness (QED) is 0.529. The normalized spacial score (nSPS) is 12.1. The zero-order chi connectivity index (χ0) is 23.5. The molecule has 1 aromatic carbocycles. The summed E-state index contributed by atoms with van der Waals surface area (Å²) in [6.07, 6.45) is -8.82. The first kappa shape index (κ1) is 23.1. The fourth-order valence-corrected chi connectivity index (χ4v) is 2.80. The number of carbonyl (C=O) groups is 1. The molecule has 0 unspecified atom stereocenters. The van der Waals surface area contributed by atoms with Crippen LogP contribution in [0.2, 0.25) is 0 Å². The maximum atomic E-state index is 12.9. The van der Waals surface area contributed by atoms with E-state index >= 15 is 0 Å². The van der Waals surface area contributed by atoms with Gasteiger partial charge in [0.2, 0.25) is 5.91 Å². The van der Waals surface area contributed by atoms with Crippen LogP contribution < -0.4 is 10.9 Å². The molecule has 0 aliphatic rings. The molecule has 0 bridgehead atoms. The molecule has 12 heteroatoms. The molecule has 0 spiro atoms. The first-order valence-electron chi connectivity index (χ1n) is 9.15. The molecule has 2 heterocycles. The maximum Gasteiger partial charge on any atom is 0.416 e. The van der Waals surface area contributed by atoms with Crippen LogP contribution in [-0.2, 0) is 23.7 Å². The average molecular weight is 459 g/mol. The molecule has 0 fully saturated rings. The highest BCUT2D eigenvalue weighted by Gasteiger charge is 2.37. The van der Waals surface area contributed by atoms with Crippen LogP contribution >= 0.6 is 0 Å². The van der Waals surface area contributed by atoms with Crippen molar-refractivity contribution in [1.82, 2.24) is 9.78 Å². The molecule has 0 saturated heterocycles. The van der Waals surface area contributed by atoms with E-state index < -0.39 is 40.6 Å². The minimum Gasteiger partial charge on any atom is -0.463 e. The first-order chi connectivity index (χ1) is 14.9. The standard InChI is InChI=1S/C20H15F6N3O3/c21-19(22,23)12-9-13(20(24,25)26)11-14(10-12)27-17(30)4-1-7-29-18(31)6-5-15(28-29)16-3-2-8-32-16/h2-3,5-6,8-11H,1,4,7H2,(H,27,30). The van der Waals surface area contributed by atoms with E-state index in [1.807, 2.05) is 5.32 Å². The van der Waals surface area contributed by atoms with Crippen molar-refractivity contribution in [3.8, 4) is 11.5 Å². The van der Waals surface area contributed by atoms with Gasteiger partial charge < -0.3 is 9.73 Å². The van der Waals surface area contributed by atoms with Crippen molar-refractivity contribution in [1.29, 1.82) is 0 Å². The Labute approximate surface area is 176 Å². The number of halogens is 6. The van der Waals surface area contributed by atoms with E-state index in [1.54, 1.807) is 12.1 Å². The van der Waals surface area contributed by atoms with Gasteiger partial charge in [-0.25, -0.2) is 4.68 Å².